The van der Waals surface area contributed by atoms with Crippen LogP contribution in [0.1, 0.15) is 22.2 Å². The smallest absolute Gasteiger partial charge is 0.270 e. The molecule has 2 aromatic rings. The molecule has 1 aromatic heterocycles. The van der Waals surface area contributed by atoms with E-state index in [0.717, 1.165) is 5.56 Å². The van der Waals surface area contributed by atoms with Crippen LogP contribution < -0.4 is 5.56 Å². The maximum atomic E-state index is 13.0. The molecule has 0 aliphatic carbocycles. The number of pyridine rings is 1. The van der Waals surface area contributed by atoms with E-state index in [0.29, 0.717) is 19.7 Å². The molecule has 1 amide bonds. The largest absolute Gasteiger partial charge is 0.370 e. The van der Waals surface area contributed by atoms with Crippen molar-refractivity contribution < 1.29 is 13.9 Å². The summed E-state index contributed by atoms with van der Waals surface area (Å²) in [4.78, 5) is 27.9. The van der Waals surface area contributed by atoms with Crippen LogP contribution in [0.3, 0.4) is 0 Å². The van der Waals surface area contributed by atoms with Crippen molar-refractivity contribution in [3.8, 4) is 0 Å². The summed E-state index contributed by atoms with van der Waals surface area (Å²) in [6.07, 6.45) is -0.297. The fourth-order valence-corrected chi connectivity index (χ4v) is 2.46. The first kappa shape index (κ1) is 14.5. The molecule has 1 aliphatic heterocycles. The van der Waals surface area contributed by atoms with E-state index < -0.39 is 0 Å². The third-order valence-electron chi connectivity index (χ3n) is 3.59. The zero-order valence-corrected chi connectivity index (χ0v) is 11.8. The number of benzene rings is 1. The van der Waals surface area contributed by atoms with Gasteiger partial charge in [-0.3, -0.25) is 9.59 Å². The predicted octanol–water partition coefficient (Wildman–Crippen LogP) is 1.73. The zero-order chi connectivity index (χ0) is 15.5. The number of amides is 1. The number of ether oxygens (including phenoxy) is 1. The van der Waals surface area contributed by atoms with Gasteiger partial charge in [-0.1, -0.05) is 18.2 Å². The van der Waals surface area contributed by atoms with Crippen LogP contribution in [0.25, 0.3) is 0 Å². The average molecular weight is 302 g/mol. The highest BCUT2D eigenvalue weighted by atomic mass is 19.1. The van der Waals surface area contributed by atoms with Crippen molar-refractivity contribution in [1.29, 1.82) is 0 Å². The Morgan fingerprint density at radius 3 is 2.73 bits per heavy atom. The van der Waals surface area contributed by atoms with Gasteiger partial charge < -0.3 is 14.6 Å². The van der Waals surface area contributed by atoms with Gasteiger partial charge in [0, 0.05) is 12.6 Å². The number of morpholine rings is 1. The average Bonchev–Trinajstić information content (AvgIpc) is 2.55. The van der Waals surface area contributed by atoms with Crippen molar-refractivity contribution in [3.05, 3.63) is 69.9 Å². The first-order chi connectivity index (χ1) is 10.6. The first-order valence-electron chi connectivity index (χ1n) is 6.99. The fraction of sp³-hybridized carbons (Fsp3) is 0.250. The summed E-state index contributed by atoms with van der Waals surface area (Å²) >= 11 is 0. The Bertz CT molecular complexity index is 727. The van der Waals surface area contributed by atoms with Crippen molar-refractivity contribution in [2.45, 2.75) is 6.10 Å². The number of H-pyrrole nitrogens is 1. The van der Waals surface area contributed by atoms with Crippen molar-refractivity contribution in [1.82, 2.24) is 9.88 Å². The number of nitrogens with zero attached hydrogens (tertiary/aromatic N) is 1. The van der Waals surface area contributed by atoms with Crippen molar-refractivity contribution in [2.75, 3.05) is 19.7 Å². The molecule has 114 valence electrons. The minimum Gasteiger partial charge on any atom is -0.370 e. The number of rotatable bonds is 2. The van der Waals surface area contributed by atoms with E-state index in [2.05, 4.69) is 4.98 Å². The molecule has 1 N–H and O–H groups in total. The van der Waals surface area contributed by atoms with Gasteiger partial charge in [0.15, 0.2) is 0 Å². The summed E-state index contributed by atoms with van der Waals surface area (Å²) in [7, 11) is 0. The molecular weight excluding hydrogens is 287 g/mol. The molecule has 5 nitrogen and oxygen atoms in total. The quantitative estimate of drug-likeness (QED) is 0.919. The maximum absolute atomic E-state index is 13.0. The van der Waals surface area contributed by atoms with Crippen LogP contribution in [0.4, 0.5) is 4.39 Å². The van der Waals surface area contributed by atoms with Gasteiger partial charge in [0.2, 0.25) is 5.56 Å². The Labute approximate surface area is 126 Å². The van der Waals surface area contributed by atoms with Gasteiger partial charge in [0.05, 0.1) is 13.2 Å². The molecule has 6 heteroatoms. The molecule has 1 unspecified atom stereocenters. The van der Waals surface area contributed by atoms with Crippen molar-refractivity contribution >= 4 is 5.91 Å². The van der Waals surface area contributed by atoms with E-state index in [1.165, 1.54) is 18.2 Å². The topological polar surface area (TPSA) is 62.4 Å². The molecule has 1 fully saturated rings. The van der Waals surface area contributed by atoms with Crippen LogP contribution in [-0.2, 0) is 4.74 Å². The molecule has 0 bridgehead atoms. The van der Waals surface area contributed by atoms with E-state index in [1.54, 1.807) is 29.2 Å². The molecule has 1 aromatic carbocycles. The maximum Gasteiger partial charge on any atom is 0.270 e. The van der Waals surface area contributed by atoms with Crippen LogP contribution >= 0.6 is 0 Å². The standard InChI is InChI=1S/C16H15FN2O3/c17-12-6-4-11(5-7-12)14-10-19(8-9-22-14)16(21)13-2-1-3-15(20)18-13/h1-7,14H,8-10H2,(H,18,20). The second-order valence-corrected chi connectivity index (χ2v) is 5.09. The number of carbonyl (C=O) groups is 1. The number of carbonyl (C=O) groups excluding carboxylic acids is 1. The molecule has 0 spiro atoms. The Hall–Kier alpha value is -2.47. The molecule has 0 radical (unpaired) electrons. The molecule has 1 saturated heterocycles. The van der Waals surface area contributed by atoms with E-state index in [-0.39, 0.29) is 29.1 Å². The summed E-state index contributed by atoms with van der Waals surface area (Å²) in [5, 5.41) is 0. The summed E-state index contributed by atoms with van der Waals surface area (Å²) in [5.41, 5.74) is 0.766. The summed E-state index contributed by atoms with van der Waals surface area (Å²) in [6, 6.07) is 10.5. The van der Waals surface area contributed by atoms with Crippen molar-refractivity contribution in [2.24, 2.45) is 0 Å². The number of aromatic amines is 1. The zero-order valence-electron chi connectivity index (χ0n) is 11.8. The molecule has 0 saturated carbocycles. The lowest BCUT2D eigenvalue weighted by molar-refractivity contribution is -0.0230. The highest BCUT2D eigenvalue weighted by Gasteiger charge is 2.26. The van der Waals surface area contributed by atoms with Gasteiger partial charge in [-0.25, -0.2) is 4.39 Å². The SMILES string of the molecule is O=C(c1cccc(=O)[nH]1)N1CCOC(c2ccc(F)cc2)C1. The molecule has 2 heterocycles. The normalized spacial score (nSPS) is 18.2. The minimum atomic E-state index is -0.311. The number of aromatic nitrogens is 1. The van der Waals surface area contributed by atoms with E-state index >= 15 is 0 Å². The molecule has 1 aliphatic rings. The fourth-order valence-electron chi connectivity index (χ4n) is 2.46. The van der Waals surface area contributed by atoms with Gasteiger partial charge >= 0.3 is 0 Å². The monoisotopic (exact) mass is 302 g/mol. The second kappa shape index (κ2) is 6.11. The lowest BCUT2D eigenvalue weighted by atomic mass is 10.1. The van der Waals surface area contributed by atoms with Crippen LogP contribution in [-0.4, -0.2) is 35.5 Å². The lowest BCUT2D eigenvalue weighted by Gasteiger charge is -2.33. The predicted molar refractivity (Wildman–Crippen MR) is 78.1 cm³/mol. The second-order valence-electron chi connectivity index (χ2n) is 5.09. The van der Waals surface area contributed by atoms with Crippen LogP contribution in [0.2, 0.25) is 0 Å². The van der Waals surface area contributed by atoms with E-state index in [1.807, 2.05) is 0 Å². The van der Waals surface area contributed by atoms with Crippen LogP contribution in [0, 0.1) is 5.82 Å². The summed E-state index contributed by atoms with van der Waals surface area (Å²) in [5.74, 6) is -0.553. The number of halogens is 1. The molecular formula is C16H15FN2O3. The minimum absolute atomic E-state index is 0.242. The third kappa shape index (κ3) is 3.07. The summed E-state index contributed by atoms with van der Waals surface area (Å²) in [6.45, 7) is 1.21. The Morgan fingerprint density at radius 1 is 1.23 bits per heavy atom. The summed E-state index contributed by atoms with van der Waals surface area (Å²) < 4.78 is 18.6. The molecule has 1 atom stereocenters. The van der Waals surface area contributed by atoms with E-state index in [4.69, 9.17) is 4.74 Å². The van der Waals surface area contributed by atoms with Gasteiger partial charge in [0.25, 0.3) is 5.91 Å². The Morgan fingerprint density at radius 2 is 2.00 bits per heavy atom. The van der Waals surface area contributed by atoms with Gasteiger partial charge in [-0.15, -0.1) is 0 Å². The highest BCUT2D eigenvalue weighted by Crippen LogP contribution is 2.23. The van der Waals surface area contributed by atoms with Crippen LogP contribution in [0.5, 0.6) is 0 Å². The number of nitrogens with one attached hydrogen (secondary N) is 1. The van der Waals surface area contributed by atoms with Gasteiger partial charge in [0.1, 0.15) is 17.6 Å². The Kier molecular flexibility index (Phi) is 4.02. The lowest BCUT2D eigenvalue weighted by Crippen LogP contribution is -2.42. The van der Waals surface area contributed by atoms with Gasteiger partial charge in [-0.2, -0.15) is 0 Å². The van der Waals surface area contributed by atoms with Crippen molar-refractivity contribution in [3.63, 3.8) is 0 Å². The third-order valence-corrected chi connectivity index (χ3v) is 3.59. The first-order valence-corrected chi connectivity index (χ1v) is 6.99. The molecule has 3 rings (SSSR count). The van der Waals surface area contributed by atoms with E-state index in [9.17, 15) is 14.0 Å². The van der Waals surface area contributed by atoms with Crippen LogP contribution in [0.15, 0.2) is 47.3 Å². The number of hydrogen-bond acceptors (Lipinski definition) is 3. The highest BCUT2D eigenvalue weighted by molar-refractivity contribution is 5.92. The molecule has 22 heavy (non-hydrogen) atoms. The number of hydrogen-bond donors (Lipinski definition) is 1. The Balaban J connectivity index is 1.76. The van der Waals surface area contributed by atoms with Gasteiger partial charge in [-0.05, 0) is 23.8 Å².